The van der Waals surface area contributed by atoms with E-state index in [1.807, 2.05) is 4.90 Å². The molecular weight excluding hydrogens is 262 g/mol. The van der Waals surface area contributed by atoms with E-state index < -0.39 is 4.92 Å². The first kappa shape index (κ1) is 14.3. The number of hydrogen-bond acceptors (Lipinski definition) is 5. The molecular formula is C13H17N3O4. The van der Waals surface area contributed by atoms with Crippen LogP contribution in [0.1, 0.15) is 12.5 Å². The molecule has 108 valence electrons. The summed E-state index contributed by atoms with van der Waals surface area (Å²) in [5, 5.41) is 20.2. The first-order chi connectivity index (χ1) is 9.52. The van der Waals surface area contributed by atoms with Gasteiger partial charge in [-0.05, 0) is 11.6 Å². The van der Waals surface area contributed by atoms with Gasteiger partial charge in [-0.25, -0.2) is 0 Å². The zero-order valence-corrected chi connectivity index (χ0v) is 11.3. The molecule has 0 bridgehead atoms. The van der Waals surface area contributed by atoms with Crippen LogP contribution in [0.3, 0.4) is 0 Å². The van der Waals surface area contributed by atoms with Crippen LogP contribution in [-0.4, -0.2) is 47.0 Å². The van der Waals surface area contributed by atoms with Crippen LogP contribution in [0.2, 0.25) is 0 Å². The fourth-order valence-electron chi connectivity index (χ4n) is 2.34. The normalized spacial score (nSPS) is 15.3. The molecule has 0 radical (unpaired) electrons. The van der Waals surface area contributed by atoms with Gasteiger partial charge in [0, 0.05) is 39.2 Å². The van der Waals surface area contributed by atoms with Crippen LogP contribution in [-0.2, 0) is 11.4 Å². The Morgan fingerprint density at radius 3 is 2.50 bits per heavy atom. The Labute approximate surface area is 116 Å². The zero-order chi connectivity index (χ0) is 14.7. The van der Waals surface area contributed by atoms with Gasteiger partial charge in [0.1, 0.15) is 5.69 Å². The molecule has 1 N–H and O–H groups in total. The number of amides is 1. The Morgan fingerprint density at radius 1 is 1.35 bits per heavy atom. The number of nitro benzene ring substituents is 1. The highest BCUT2D eigenvalue weighted by molar-refractivity contribution is 5.74. The van der Waals surface area contributed by atoms with E-state index in [-0.39, 0.29) is 18.2 Å². The van der Waals surface area contributed by atoms with E-state index in [0.717, 1.165) is 0 Å². The van der Waals surface area contributed by atoms with Crippen molar-refractivity contribution >= 4 is 17.3 Å². The third kappa shape index (κ3) is 2.88. The molecule has 0 unspecified atom stereocenters. The van der Waals surface area contributed by atoms with Gasteiger partial charge >= 0.3 is 0 Å². The summed E-state index contributed by atoms with van der Waals surface area (Å²) in [6.45, 7) is 3.56. The average Bonchev–Trinajstić information content (AvgIpc) is 2.46. The van der Waals surface area contributed by atoms with Crippen LogP contribution < -0.4 is 4.90 Å². The summed E-state index contributed by atoms with van der Waals surface area (Å²) in [7, 11) is 0. The predicted octanol–water partition coefficient (Wildman–Crippen LogP) is 0.756. The number of nitro groups is 1. The maximum Gasteiger partial charge on any atom is 0.292 e. The van der Waals surface area contributed by atoms with E-state index in [1.165, 1.54) is 13.0 Å². The maximum absolute atomic E-state index is 11.3. The predicted molar refractivity (Wildman–Crippen MR) is 73.5 cm³/mol. The minimum absolute atomic E-state index is 0.00664. The van der Waals surface area contributed by atoms with Crippen LogP contribution in [0.4, 0.5) is 11.4 Å². The Balaban J connectivity index is 2.21. The highest BCUT2D eigenvalue weighted by Crippen LogP contribution is 2.30. The van der Waals surface area contributed by atoms with E-state index in [2.05, 4.69) is 0 Å². The fraction of sp³-hybridized carbons (Fsp3) is 0.462. The van der Waals surface area contributed by atoms with E-state index in [4.69, 9.17) is 5.11 Å². The minimum atomic E-state index is -0.439. The smallest absolute Gasteiger partial charge is 0.292 e. The Kier molecular flexibility index (Phi) is 4.19. The van der Waals surface area contributed by atoms with Crippen molar-refractivity contribution in [3.8, 4) is 0 Å². The maximum atomic E-state index is 11.3. The molecule has 7 nitrogen and oxygen atoms in total. The molecule has 0 spiro atoms. The lowest BCUT2D eigenvalue weighted by Crippen LogP contribution is -2.48. The quantitative estimate of drug-likeness (QED) is 0.652. The third-order valence-corrected chi connectivity index (χ3v) is 3.48. The molecule has 0 saturated carbocycles. The van der Waals surface area contributed by atoms with Crippen molar-refractivity contribution in [2.75, 3.05) is 31.1 Å². The van der Waals surface area contributed by atoms with Crippen molar-refractivity contribution in [2.24, 2.45) is 0 Å². The number of aliphatic hydroxyl groups excluding tert-OH is 1. The second kappa shape index (κ2) is 5.87. The van der Waals surface area contributed by atoms with Crippen molar-refractivity contribution < 1.29 is 14.8 Å². The van der Waals surface area contributed by atoms with Gasteiger partial charge in [0.05, 0.1) is 11.5 Å². The Hall–Kier alpha value is -2.15. The molecule has 0 atom stereocenters. The van der Waals surface area contributed by atoms with Crippen LogP contribution >= 0.6 is 0 Å². The molecule has 1 amide bonds. The van der Waals surface area contributed by atoms with Gasteiger partial charge in [0.15, 0.2) is 0 Å². The standard InChI is InChI=1S/C13H17N3O4/c1-10(18)14-4-6-15(7-5-14)12-3-2-11(9-17)8-13(12)16(19)20/h2-3,8,17H,4-7,9H2,1H3. The molecule has 1 heterocycles. The summed E-state index contributed by atoms with van der Waals surface area (Å²) in [4.78, 5) is 25.6. The number of rotatable bonds is 3. The van der Waals surface area contributed by atoms with Gasteiger partial charge in [0.25, 0.3) is 5.69 Å². The van der Waals surface area contributed by atoms with Crippen LogP contribution in [0, 0.1) is 10.1 Å². The summed E-state index contributed by atoms with van der Waals surface area (Å²) in [5.74, 6) is 0.0229. The highest BCUT2D eigenvalue weighted by Gasteiger charge is 2.24. The van der Waals surface area contributed by atoms with E-state index in [1.54, 1.807) is 17.0 Å². The Bertz CT molecular complexity index is 524. The van der Waals surface area contributed by atoms with Gasteiger partial charge in [-0.2, -0.15) is 0 Å². The molecule has 1 fully saturated rings. The second-order valence-corrected chi connectivity index (χ2v) is 4.73. The monoisotopic (exact) mass is 279 g/mol. The summed E-state index contributed by atoms with van der Waals surface area (Å²) < 4.78 is 0. The topological polar surface area (TPSA) is 86.9 Å². The fourth-order valence-corrected chi connectivity index (χ4v) is 2.34. The molecule has 1 aromatic carbocycles. The van der Waals surface area contributed by atoms with Crippen molar-refractivity contribution in [1.29, 1.82) is 0 Å². The molecule has 1 aliphatic rings. The lowest BCUT2D eigenvalue weighted by Gasteiger charge is -2.35. The summed E-state index contributed by atoms with van der Waals surface area (Å²) in [5.41, 5.74) is 1.05. The van der Waals surface area contributed by atoms with Crippen LogP contribution in [0.15, 0.2) is 18.2 Å². The van der Waals surface area contributed by atoms with E-state index >= 15 is 0 Å². The SMILES string of the molecule is CC(=O)N1CCN(c2ccc(CO)cc2[N+](=O)[O-])CC1. The average molecular weight is 279 g/mol. The first-order valence-electron chi connectivity index (χ1n) is 6.41. The first-order valence-corrected chi connectivity index (χ1v) is 6.41. The lowest BCUT2D eigenvalue weighted by atomic mass is 10.1. The largest absolute Gasteiger partial charge is 0.392 e. The zero-order valence-electron chi connectivity index (χ0n) is 11.3. The number of hydrogen-bond donors (Lipinski definition) is 1. The minimum Gasteiger partial charge on any atom is -0.392 e. The summed E-state index contributed by atoms with van der Waals surface area (Å²) in [6, 6.07) is 4.74. The number of carbonyl (C=O) groups excluding carboxylic acids is 1. The van der Waals surface area contributed by atoms with Crippen molar-refractivity contribution in [3.05, 3.63) is 33.9 Å². The molecule has 0 aliphatic carbocycles. The van der Waals surface area contributed by atoms with Crippen molar-refractivity contribution in [2.45, 2.75) is 13.5 Å². The van der Waals surface area contributed by atoms with Gasteiger partial charge in [-0.15, -0.1) is 0 Å². The lowest BCUT2D eigenvalue weighted by molar-refractivity contribution is -0.384. The highest BCUT2D eigenvalue weighted by atomic mass is 16.6. The van der Waals surface area contributed by atoms with Crippen molar-refractivity contribution in [1.82, 2.24) is 4.90 Å². The molecule has 2 rings (SSSR count). The number of nitrogens with zero attached hydrogens (tertiary/aromatic N) is 3. The van der Waals surface area contributed by atoms with E-state index in [0.29, 0.717) is 37.4 Å². The number of piperazine rings is 1. The van der Waals surface area contributed by atoms with E-state index in [9.17, 15) is 14.9 Å². The Morgan fingerprint density at radius 2 is 2.00 bits per heavy atom. The van der Waals surface area contributed by atoms with Crippen LogP contribution in [0.25, 0.3) is 0 Å². The van der Waals surface area contributed by atoms with Crippen molar-refractivity contribution in [3.63, 3.8) is 0 Å². The molecule has 1 aliphatic heterocycles. The molecule has 1 aromatic rings. The van der Waals surface area contributed by atoms with Gasteiger partial charge in [-0.3, -0.25) is 14.9 Å². The number of anilines is 1. The molecule has 0 aromatic heterocycles. The van der Waals surface area contributed by atoms with Gasteiger partial charge < -0.3 is 14.9 Å². The summed E-state index contributed by atoms with van der Waals surface area (Å²) >= 11 is 0. The van der Waals surface area contributed by atoms with Gasteiger partial charge in [-0.1, -0.05) is 6.07 Å². The molecule has 20 heavy (non-hydrogen) atoms. The van der Waals surface area contributed by atoms with Crippen LogP contribution in [0.5, 0.6) is 0 Å². The summed E-state index contributed by atoms with van der Waals surface area (Å²) in [6.07, 6.45) is 0. The number of carbonyl (C=O) groups is 1. The second-order valence-electron chi connectivity index (χ2n) is 4.73. The third-order valence-electron chi connectivity index (χ3n) is 3.48. The van der Waals surface area contributed by atoms with Gasteiger partial charge in [0.2, 0.25) is 5.91 Å². The molecule has 1 saturated heterocycles. The number of benzene rings is 1. The molecule has 7 heteroatoms. The number of aliphatic hydroxyl groups is 1.